The first-order chi connectivity index (χ1) is 9.70. The van der Waals surface area contributed by atoms with Crippen LogP contribution in [-0.4, -0.2) is 20.4 Å². The van der Waals surface area contributed by atoms with E-state index in [4.69, 9.17) is 22.3 Å². The molecule has 1 aromatic carbocycles. The molecule has 0 spiro atoms. The third-order valence-corrected chi connectivity index (χ3v) is 5.59. The summed E-state index contributed by atoms with van der Waals surface area (Å²) in [7, 11) is 1.38. The Labute approximate surface area is 142 Å². The highest BCUT2D eigenvalue weighted by molar-refractivity contribution is 9.10. The lowest BCUT2D eigenvalue weighted by Gasteiger charge is -2.17. The van der Waals surface area contributed by atoms with Crippen LogP contribution in [-0.2, 0) is 9.05 Å². The van der Waals surface area contributed by atoms with Crippen LogP contribution in [0.4, 0.5) is 0 Å². The van der Waals surface area contributed by atoms with E-state index < -0.39 is 15.0 Å². The van der Waals surface area contributed by atoms with E-state index in [-0.39, 0.29) is 26.0 Å². The molecule has 0 saturated heterocycles. The zero-order valence-electron chi connectivity index (χ0n) is 11.6. The van der Waals surface area contributed by atoms with E-state index in [9.17, 15) is 13.2 Å². The van der Waals surface area contributed by atoms with Crippen LogP contribution in [0.5, 0.6) is 0 Å². The monoisotopic (exact) mass is 415 g/mol. The SMILES string of the molecule is CCCC(CC)NC(=O)c1cc(S(=O)(=O)Cl)c(Br)cc1Cl. The molecule has 0 aromatic heterocycles. The third kappa shape index (κ3) is 5.13. The lowest BCUT2D eigenvalue weighted by molar-refractivity contribution is 0.0933. The molecule has 0 aliphatic heterocycles. The zero-order valence-corrected chi connectivity index (χ0v) is 15.5. The maximum atomic E-state index is 12.3. The molecule has 1 rings (SSSR count). The van der Waals surface area contributed by atoms with E-state index in [0.717, 1.165) is 19.3 Å². The standard InChI is InChI=1S/C13H16BrCl2NO3S/c1-3-5-8(4-2)17-13(18)9-6-12(21(16,19)20)10(14)7-11(9)15/h6-8H,3-5H2,1-2H3,(H,17,18). The Balaban J connectivity index is 3.15. The summed E-state index contributed by atoms with van der Waals surface area (Å²) in [6, 6.07) is 2.56. The molecule has 0 aliphatic rings. The van der Waals surface area contributed by atoms with Crippen LogP contribution >= 0.6 is 38.2 Å². The Hall–Kier alpha value is -0.300. The molecular formula is C13H16BrCl2NO3S. The molecule has 1 unspecified atom stereocenters. The van der Waals surface area contributed by atoms with Crippen molar-refractivity contribution < 1.29 is 13.2 Å². The molecule has 21 heavy (non-hydrogen) atoms. The summed E-state index contributed by atoms with van der Waals surface area (Å²) in [5.41, 5.74) is 0.0913. The van der Waals surface area contributed by atoms with Gasteiger partial charge in [-0.15, -0.1) is 0 Å². The van der Waals surface area contributed by atoms with E-state index in [1.807, 2.05) is 13.8 Å². The van der Waals surface area contributed by atoms with Crippen molar-refractivity contribution in [3.63, 3.8) is 0 Å². The summed E-state index contributed by atoms with van der Waals surface area (Å²) in [4.78, 5) is 12.1. The van der Waals surface area contributed by atoms with Crippen LogP contribution in [0, 0.1) is 0 Å². The van der Waals surface area contributed by atoms with Gasteiger partial charge in [0, 0.05) is 21.2 Å². The largest absolute Gasteiger partial charge is 0.349 e. The number of hydrogen-bond acceptors (Lipinski definition) is 3. The van der Waals surface area contributed by atoms with Crippen molar-refractivity contribution >= 4 is 53.2 Å². The Kier molecular flexibility index (Phi) is 6.97. The number of benzene rings is 1. The quantitative estimate of drug-likeness (QED) is 0.701. The number of halogens is 3. The zero-order chi connectivity index (χ0) is 16.2. The van der Waals surface area contributed by atoms with Gasteiger partial charge < -0.3 is 5.32 Å². The minimum atomic E-state index is -3.96. The van der Waals surface area contributed by atoms with Gasteiger partial charge in [0.15, 0.2) is 0 Å². The maximum Gasteiger partial charge on any atom is 0.262 e. The second kappa shape index (κ2) is 7.81. The second-order valence-corrected chi connectivity index (χ2v) is 8.36. The van der Waals surface area contributed by atoms with Gasteiger partial charge in [-0.25, -0.2) is 8.42 Å². The van der Waals surface area contributed by atoms with Crippen LogP contribution in [0.3, 0.4) is 0 Å². The second-order valence-electron chi connectivity index (χ2n) is 4.57. The summed E-state index contributed by atoms with van der Waals surface area (Å²) in [6.07, 6.45) is 2.57. The van der Waals surface area contributed by atoms with E-state index >= 15 is 0 Å². The number of amides is 1. The molecule has 1 aromatic rings. The molecule has 118 valence electrons. The average Bonchev–Trinajstić information content (AvgIpc) is 2.36. The molecular weight excluding hydrogens is 401 g/mol. The number of rotatable bonds is 6. The van der Waals surface area contributed by atoms with E-state index in [1.54, 1.807) is 0 Å². The average molecular weight is 417 g/mol. The summed E-state index contributed by atoms with van der Waals surface area (Å²) in [5, 5.41) is 3.01. The predicted molar refractivity (Wildman–Crippen MR) is 88.6 cm³/mol. The summed E-state index contributed by atoms with van der Waals surface area (Å²) in [5.74, 6) is -0.408. The lowest BCUT2D eigenvalue weighted by Crippen LogP contribution is -2.34. The van der Waals surface area contributed by atoms with Gasteiger partial charge >= 0.3 is 0 Å². The molecule has 1 N–H and O–H groups in total. The van der Waals surface area contributed by atoms with Gasteiger partial charge in [-0.3, -0.25) is 4.79 Å². The fraction of sp³-hybridized carbons (Fsp3) is 0.462. The number of carbonyl (C=O) groups is 1. The third-order valence-electron chi connectivity index (χ3n) is 2.99. The summed E-state index contributed by atoms with van der Waals surface area (Å²) in [6.45, 7) is 4.00. The first kappa shape index (κ1) is 18.7. The topological polar surface area (TPSA) is 63.2 Å². The smallest absolute Gasteiger partial charge is 0.262 e. The van der Waals surface area contributed by atoms with Crippen molar-refractivity contribution in [1.82, 2.24) is 5.32 Å². The van der Waals surface area contributed by atoms with Crippen LogP contribution in [0.2, 0.25) is 5.02 Å². The highest BCUT2D eigenvalue weighted by atomic mass is 79.9. The lowest BCUT2D eigenvalue weighted by atomic mass is 10.1. The number of carbonyl (C=O) groups excluding carboxylic acids is 1. The van der Waals surface area contributed by atoms with Crippen LogP contribution in [0.1, 0.15) is 43.5 Å². The minimum absolute atomic E-state index is 0.0262. The Morgan fingerprint density at radius 1 is 1.38 bits per heavy atom. The van der Waals surface area contributed by atoms with Gasteiger partial charge in [0.05, 0.1) is 15.5 Å². The van der Waals surface area contributed by atoms with E-state index in [2.05, 4.69) is 21.2 Å². The van der Waals surface area contributed by atoms with Crippen molar-refractivity contribution in [3.05, 3.63) is 27.2 Å². The normalized spacial score (nSPS) is 13.0. The molecule has 0 heterocycles. The van der Waals surface area contributed by atoms with Crippen molar-refractivity contribution in [2.24, 2.45) is 0 Å². The van der Waals surface area contributed by atoms with E-state index in [1.165, 1.54) is 12.1 Å². The van der Waals surface area contributed by atoms with Crippen LogP contribution < -0.4 is 5.32 Å². The molecule has 0 bridgehead atoms. The fourth-order valence-corrected chi connectivity index (χ4v) is 4.46. The van der Waals surface area contributed by atoms with Gasteiger partial charge in [-0.1, -0.05) is 31.9 Å². The van der Waals surface area contributed by atoms with Crippen molar-refractivity contribution in [2.45, 2.75) is 44.0 Å². The Bertz CT molecular complexity index is 635. The van der Waals surface area contributed by atoms with E-state index in [0.29, 0.717) is 0 Å². The minimum Gasteiger partial charge on any atom is -0.349 e. The molecule has 8 heteroatoms. The highest BCUT2D eigenvalue weighted by Crippen LogP contribution is 2.31. The molecule has 0 fully saturated rings. The highest BCUT2D eigenvalue weighted by Gasteiger charge is 2.21. The molecule has 0 radical (unpaired) electrons. The molecule has 1 amide bonds. The van der Waals surface area contributed by atoms with Crippen molar-refractivity contribution in [1.29, 1.82) is 0 Å². The molecule has 0 saturated carbocycles. The predicted octanol–water partition coefficient (Wildman–Crippen LogP) is 4.34. The summed E-state index contributed by atoms with van der Waals surface area (Å²) >= 11 is 9.10. The van der Waals surface area contributed by atoms with Gasteiger partial charge in [0.25, 0.3) is 15.0 Å². The van der Waals surface area contributed by atoms with Gasteiger partial charge in [-0.05, 0) is 40.9 Å². The van der Waals surface area contributed by atoms with Crippen molar-refractivity contribution in [2.75, 3.05) is 0 Å². The maximum absolute atomic E-state index is 12.3. The fourth-order valence-electron chi connectivity index (χ4n) is 1.88. The Morgan fingerprint density at radius 2 is 2.00 bits per heavy atom. The van der Waals surface area contributed by atoms with Crippen LogP contribution in [0.15, 0.2) is 21.5 Å². The first-order valence-electron chi connectivity index (χ1n) is 6.45. The van der Waals surface area contributed by atoms with Crippen LogP contribution in [0.25, 0.3) is 0 Å². The summed E-state index contributed by atoms with van der Waals surface area (Å²) < 4.78 is 23.2. The molecule has 0 aliphatic carbocycles. The number of nitrogens with one attached hydrogen (secondary N) is 1. The van der Waals surface area contributed by atoms with Crippen molar-refractivity contribution in [3.8, 4) is 0 Å². The first-order valence-corrected chi connectivity index (χ1v) is 9.93. The van der Waals surface area contributed by atoms with Gasteiger partial charge in [-0.2, -0.15) is 0 Å². The van der Waals surface area contributed by atoms with Gasteiger partial charge in [0.2, 0.25) is 0 Å². The molecule has 1 atom stereocenters. The number of hydrogen-bond donors (Lipinski definition) is 1. The van der Waals surface area contributed by atoms with Gasteiger partial charge in [0.1, 0.15) is 0 Å². The Morgan fingerprint density at radius 3 is 2.48 bits per heavy atom. The molecule has 4 nitrogen and oxygen atoms in total.